The van der Waals surface area contributed by atoms with Crippen LogP contribution in [0.15, 0.2) is 18.2 Å². The number of hydrogen-bond donors (Lipinski definition) is 1. The van der Waals surface area contributed by atoms with Crippen LogP contribution < -0.4 is 9.47 Å². The van der Waals surface area contributed by atoms with E-state index in [1.807, 2.05) is 0 Å². The van der Waals surface area contributed by atoms with Crippen LogP contribution in [0.25, 0.3) is 0 Å². The van der Waals surface area contributed by atoms with Gasteiger partial charge in [0.2, 0.25) is 5.78 Å². The van der Waals surface area contributed by atoms with Gasteiger partial charge in [-0.15, -0.1) is 0 Å². The summed E-state index contributed by atoms with van der Waals surface area (Å²) in [6.45, 7) is -0.383. The number of ketones is 1. The van der Waals surface area contributed by atoms with E-state index in [1.54, 1.807) is 12.1 Å². The van der Waals surface area contributed by atoms with E-state index in [2.05, 4.69) is 0 Å². The monoisotopic (exact) mass is 208 g/mol. The molecule has 1 aromatic carbocycles. The second-order valence-electron chi connectivity index (χ2n) is 3.05. The quantitative estimate of drug-likeness (QED) is 0.792. The maximum absolute atomic E-state index is 11.3. The smallest absolute Gasteiger partial charge is 0.341 e. The molecule has 0 aromatic heterocycles. The van der Waals surface area contributed by atoms with Crippen molar-refractivity contribution in [1.82, 2.24) is 0 Å². The molecular formula is C10H8O5. The number of carbonyl (C=O) groups is 2. The van der Waals surface area contributed by atoms with E-state index in [9.17, 15) is 9.59 Å². The Hall–Kier alpha value is -2.04. The Kier molecular flexibility index (Phi) is 2.29. The molecule has 0 saturated heterocycles. The number of carbonyl (C=O) groups excluding carboxylic acids is 1. The Bertz CT molecular complexity index is 424. The number of aliphatic carboxylic acids is 1. The first-order valence-corrected chi connectivity index (χ1v) is 4.31. The predicted octanol–water partition coefficient (Wildman–Crippen LogP) is 0.725. The highest BCUT2D eigenvalue weighted by Gasteiger charge is 2.21. The van der Waals surface area contributed by atoms with Crippen LogP contribution in [0.5, 0.6) is 11.5 Å². The molecule has 0 bridgehead atoms. The van der Waals surface area contributed by atoms with Gasteiger partial charge in [-0.05, 0) is 18.2 Å². The number of Topliss-reactive ketones (excluding diaryl/α,β-unsaturated/α-hetero) is 1. The molecule has 0 unspecified atom stereocenters. The lowest BCUT2D eigenvalue weighted by molar-refractivity contribution is -0.139. The van der Waals surface area contributed by atoms with Crippen LogP contribution in [0.2, 0.25) is 0 Å². The maximum atomic E-state index is 11.3. The van der Waals surface area contributed by atoms with Crippen molar-refractivity contribution < 1.29 is 24.2 Å². The Morgan fingerprint density at radius 3 is 3.07 bits per heavy atom. The predicted molar refractivity (Wildman–Crippen MR) is 49.4 cm³/mol. The normalized spacial score (nSPS) is 13.2. The summed E-state index contributed by atoms with van der Waals surface area (Å²) in [5.74, 6) is -0.304. The third-order valence-corrected chi connectivity index (χ3v) is 1.97. The van der Waals surface area contributed by atoms with Crippen LogP contribution in [0.3, 0.4) is 0 Å². The van der Waals surface area contributed by atoms with Crippen molar-refractivity contribution in [2.45, 2.75) is 0 Å². The molecule has 0 atom stereocenters. The van der Waals surface area contributed by atoms with Gasteiger partial charge in [-0.25, -0.2) is 4.79 Å². The largest absolute Gasteiger partial charge is 0.485 e. The summed E-state index contributed by atoms with van der Waals surface area (Å²) >= 11 is 0. The summed E-state index contributed by atoms with van der Waals surface area (Å²) in [6.07, 6.45) is 0. The van der Waals surface area contributed by atoms with E-state index in [-0.39, 0.29) is 12.4 Å². The van der Waals surface area contributed by atoms with Gasteiger partial charge in [-0.1, -0.05) is 0 Å². The fourth-order valence-electron chi connectivity index (χ4n) is 1.31. The minimum Gasteiger partial charge on any atom is -0.485 e. The third-order valence-electron chi connectivity index (χ3n) is 1.97. The molecule has 1 N–H and O–H groups in total. The number of carboxylic acid groups (broad SMARTS) is 1. The van der Waals surface area contributed by atoms with Gasteiger partial charge in [0.1, 0.15) is 11.5 Å². The minimum atomic E-state index is -1.06. The number of ether oxygens (including phenoxy) is 2. The maximum Gasteiger partial charge on any atom is 0.341 e. The standard InChI is InChI=1S/C10H8O5/c11-8-4-15-9-2-1-6(3-7(8)9)14-5-10(12)13/h1-3H,4-5H2,(H,12,13). The van der Waals surface area contributed by atoms with Crippen molar-refractivity contribution in [3.8, 4) is 11.5 Å². The van der Waals surface area contributed by atoms with Gasteiger partial charge in [-0.3, -0.25) is 4.79 Å². The van der Waals surface area contributed by atoms with E-state index in [0.717, 1.165) is 0 Å². The van der Waals surface area contributed by atoms with E-state index in [1.165, 1.54) is 6.07 Å². The number of carboxylic acids is 1. The van der Waals surface area contributed by atoms with Crippen LogP contribution in [0, 0.1) is 0 Å². The van der Waals surface area contributed by atoms with Crippen LogP contribution in [-0.2, 0) is 4.79 Å². The molecule has 1 heterocycles. The molecule has 15 heavy (non-hydrogen) atoms. The van der Waals surface area contributed by atoms with Gasteiger partial charge in [0.05, 0.1) is 5.56 Å². The first-order chi connectivity index (χ1) is 7.16. The molecule has 0 fully saturated rings. The molecule has 0 spiro atoms. The van der Waals surface area contributed by atoms with E-state index in [4.69, 9.17) is 14.6 Å². The summed E-state index contributed by atoms with van der Waals surface area (Å²) in [5, 5.41) is 8.40. The van der Waals surface area contributed by atoms with Gasteiger partial charge in [0.15, 0.2) is 13.2 Å². The van der Waals surface area contributed by atoms with Gasteiger partial charge >= 0.3 is 5.97 Å². The molecule has 2 rings (SSSR count). The summed E-state index contributed by atoms with van der Waals surface area (Å²) in [5.41, 5.74) is 0.442. The molecular weight excluding hydrogens is 200 g/mol. The zero-order valence-corrected chi connectivity index (χ0v) is 7.73. The average Bonchev–Trinajstić information content (AvgIpc) is 2.57. The fourth-order valence-corrected chi connectivity index (χ4v) is 1.31. The Balaban J connectivity index is 2.18. The SMILES string of the molecule is O=C(O)COc1ccc2c(c1)C(=O)CO2. The van der Waals surface area contributed by atoms with E-state index < -0.39 is 12.6 Å². The van der Waals surface area contributed by atoms with Crippen molar-refractivity contribution in [3.63, 3.8) is 0 Å². The second kappa shape index (κ2) is 3.61. The van der Waals surface area contributed by atoms with E-state index >= 15 is 0 Å². The lowest BCUT2D eigenvalue weighted by Crippen LogP contribution is -2.09. The lowest BCUT2D eigenvalue weighted by atomic mass is 10.1. The molecule has 0 saturated carbocycles. The lowest BCUT2D eigenvalue weighted by Gasteiger charge is -2.03. The summed E-state index contributed by atoms with van der Waals surface area (Å²) in [4.78, 5) is 21.5. The highest BCUT2D eigenvalue weighted by atomic mass is 16.5. The summed E-state index contributed by atoms with van der Waals surface area (Å²) in [6, 6.07) is 4.66. The highest BCUT2D eigenvalue weighted by Crippen LogP contribution is 2.28. The van der Waals surface area contributed by atoms with Gasteiger partial charge in [-0.2, -0.15) is 0 Å². The topological polar surface area (TPSA) is 72.8 Å². The first kappa shape index (κ1) is 9.51. The van der Waals surface area contributed by atoms with Crippen molar-refractivity contribution in [2.75, 3.05) is 13.2 Å². The first-order valence-electron chi connectivity index (χ1n) is 4.31. The van der Waals surface area contributed by atoms with Crippen LogP contribution in [0.4, 0.5) is 0 Å². The number of rotatable bonds is 3. The molecule has 1 aliphatic rings. The second-order valence-corrected chi connectivity index (χ2v) is 3.05. The number of fused-ring (bicyclic) bond motifs is 1. The van der Waals surface area contributed by atoms with Gasteiger partial charge in [0.25, 0.3) is 0 Å². The van der Waals surface area contributed by atoms with Crippen LogP contribution in [-0.4, -0.2) is 30.1 Å². The molecule has 0 aliphatic carbocycles. The number of benzene rings is 1. The Morgan fingerprint density at radius 1 is 1.53 bits per heavy atom. The number of hydrogen-bond acceptors (Lipinski definition) is 4. The molecule has 1 aromatic rings. The van der Waals surface area contributed by atoms with Crippen molar-refractivity contribution in [1.29, 1.82) is 0 Å². The molecule has 5 nitrogen and oxygen atoms in total. The van der Waals surface area contributed by atoms with Crippen molar-refractivity contribution in [3.05, 3.63) is 23.8 Å². The van der Waals surface area contributed by atoms with Crippen LogP contribution in [0.1, 0.15) is 10.4 Å². The van der Waals surface area contributed by atoms with Crippen molar-refractivity contribution in [2.24, 2.45) is 0 Å². The molecule has 1 aliphatic heterocycles. The van der Waals surface area contributed by atoms with Crippen LogP contribution >= 0.6 is 0 Å². The third kappa shape index (κ3) is 1.90. The van der Waals surface area contributed by atoms with Crippen molar-refractivity contribution >= 4 is 11.8 Å². The minimum absolute atomic E-state index is 0.0394. The molecule has 0 amide bonds. The van der Waals surface area contributed by atoms with Gasteiger partial charge in [0, 0.05) is 0 Å². The molecule has 5 heteroatoms. The zero-order chi connectivity index (χ0) is 10.8. The average molecular weight is 208 g/mol. The zero-order valence-electron chi connectivity index (χ0n) is 7.73. The fraction of sp³-hybridized carbons (Fsp3) is 0.200. The summed E-state index contributed by atoms with van der Waals surface area (Å²) < 4.78 is 10.0. The summed E-state index contributed by atoms with van der Waals surface area (Å²) in [7, 11) is 0. The van der Waals surface area contributed by atoms with E-state index in [0.29, 0.717) is 17.1 Å². The molecule has 0 radical (unpaired) electrons. The molecule has 78 valence electrons. The highest BCUT2D eigenvalue weighted by molar-refractivity contribution is 6.02. The Morgan fingerprint density at radius 2 is 2.33 bits per heavy atom. The Labute approximate surface area is 85.2 Å². The van der Waals surface area contributed by atoms with Gasteiger partial charge < -0.3 is 14.6 Å².